The minimum Gasteiger partial charge on any atom is -0.354 e. The van der Waals surface area contributed by atoms with Gasteiger partial charge in [0, 0.05) is 30.9 Å². The van der Waals surface area contributed by atoms with E-state index >= 15 is 0 Å². The van der Waals surface area contributed by atoms with E-state index in [1.807, 2.05) is 24.5 Å². The van der Waals surface area contributed by atoms with Crippen molar-refractivity contribution in [2.24, 2.45) is 0 Å². The molecule has 1 amide bonds. The Morgan fingerprint density at radius 2 is 2.12 bits per heavy atom. The van der Waals surface area contributed by atoms with Gasteiger partial charge in [0.15, 0.2) is 0 Å². The molecule has 0 fully saturated rings. The van der Waals surface area contributed by atoms with Crippen LogP contribution in [0.4, 0.5) is 0 Å². The molecule has 2 aromatic rings. The summed E-state index contributed by atoms with van der Waals surface area (Å²) in [6.45, 7) is 3.56. The topological polar surface area (TPSA) is 44.4 Å². The maximum atomic E-state index is 12.1. The van der Waals surface area contributed by atoms with E-state index in [2.05, 4.69) is 51.2 Å². The second-order valence-electron chi connectivity index (χ2n) is 6.53. The minimum atomic E-state index is 0.143. The molecule has 4 nitrogen and oxygen atoms in total. The van der Waals surface area contributed by atoms with Crippen LogP contribution in [-0.4, -0.2) is 37.5 Å². The fraction of sp³-hybridized carbons (Fsp3) is 0.450. The third-order valence-electron chi connectivity index (χ3n) is 4.79. The van der Waals surface area contributed by atoms with Gasteiger partial charge in [0.25, 0.3) is 0 Å². The zero-order chi connectivity index (χ0) is 17.5. The first-order chi connectivity index (χ1) is 12.3. The van der Waals surface area contributed by atoms with Crippen LogP contribution in [0, 0.1) is 0 Å². The molecule has 0 radical (unpaired) electrons. The van der Waals surface area contributed by atoms with Gasteiger partial charge in [0.05, 0.1) is 6.04 Å². The van der Waals surface area contributed by atoms with Crippen molar-refractivity contribution in [3.8, 4) is 0 Å². The predicted octanol–water partition coefficient (Wildman–Crippen LogP) is 2.96. The van der Waals surface area contributed by atoms with E-state index in [0.29, 0.717) is 13.0 Å². The summed E-state index contributed by atoms with van der Waals surface area (Å²) in [5.74, 6) is 0.143. The number of carbonyl (C=O) groups is 1. The standard InChI is InChI=1S/C20H27N3OS/c1-21-11-5-8-20(24)22-14-18(16-6-3-2-4-7-16)23-12-9-19-17(15-23)10-13-25-19/h2-4,6-7,10,13,18,21H,5,8-9,11-12,14-15H2,1H3,(H,22,24). The first-order valence-corrected chi connectivity index (χ1v) is 9.91. The lowest BCUT2D eigenvalue weighted by atomic mass is 10.0. The van der Waals surface area contributed by atoms with Crippen molar-refractivity contribution < 1.29 is 4.79 Å². The minimum absolute atomic E-state index is 0.143. The number of rotatable bonds is 8. The SMILES string of the molecule is CNCCCC(=O)NCC(c1ccccc1)N1CCc2sccc2C1. The van der Waals surface area contributed by atoms with Crippen LogP contribution in [0.3, 0.4) is 0 Å². The van der Waals surface area contributed by atoms with Crippen LogP contribution in [0.1, 0.15) is 34.9 Å². The highest BCUT2D eigenvalue weighted by molar-refractivity contribution is 7.10. The molecule has 0 saturated heterocycles. The lowest BCUT2D eigenvalue weighted by molar-refractivity contribution is -0.121. The van der Waals surface area contributed by atoms with Gasteiger partial charge in [-0.2, -0.15) is 0 Å². The monoisotopic (exact) mass is 357 g/mol. The van der Waals surface area contributed by atoms with E-state index in [4.69, 9.17) is 0 Å². The van der Waals surface area contributed by atoms with E-state index in [9.17, 15) is 4.79 Å². The number of amides is 1. The fourth-order valence-corrected chi connectivity index (χ4v) is 4.28. The Labute approximate surface area is 154 Å². The highest BCUT2D eigenvalue weighted by Gasteiger charge is 2.25. The van der Waals surface area contributed by atoms with Gasteiger partial charge in [-0.05, 0) is 49.0 Å². The average Bonchev–Trinajstić information content (AvgIpc) is 3.11. The van der Waals surface area contributed by atoms with E-state index < -0.39 is 0 Å². The Bertz CT molecular complexity index is 671. The Hall–Kier alpha value is -1.69. The molecule has 1 aliphatic rings. The molecule has 1 aliphatic heterocycles. The van der Waals surface area contributed by atoms with Gasteiger partial charge in [0.2, 0.25) is 5.91 Å². The summed E-state index contributed by atoms with van der Waals surface area (Å²) in [7, 11) is 1.92. The normalized spacial score (nSPS) is 15.6. The molecule has 1 atom stereocenters. The van der Waals surface area contributed by atoms with Crippen molar-refractivity contribution in [3.63, 3.8) is 0 Å². The van der Waals surface area contributed by atoms with Crippen molar-refractivity contribution in [2.45, 2.75) is 31.8 Å². The summed E-state index contributed by atoms with van der Waals surface area (Å²) in [6, 6.07) is 13.0. The Morgan fingerprint density at radius 1 is 1.28 bits per heavy atom. The zero-order valence-corrected chi connectivity index (χ0v) is 15.6. The van der Waals surface area contributed by atoms with Crippen molar-refractivity contribution in [3.05, 3.63) is 57.8 Å². The molecular weight excluding hydrogens is 330 g/mol. The van der Waals surface area contributed by atoms with Crippen molar-refractivity contribution >= 4 is 17.2 Å². The maximum absolute atomic E-state index is 12.1. The van der Waals surface area contributed by atoms with Crippen LogP contribution in [0.2, 0.25) is 0 Å². The molecule has 1 aromatic heterocycles. The molecule has 0 spiro atoms. The predicted molar refractivity (Wildman–Crippen MR) is 104 cm³/mol. The lowest BCUT2D eigenvalue weighted by Crippen LogP contribution is -2.40. The number of nitrogens with one attached hydrogen (secondary N) is 2. The van der Waals surface area contributed by atoms with Crippen LogP contribution in [0.5, 0.6) is 0 Å². The molecule has 0 bridgehead atoms. The van der Waals surface area contributed by atoms with Crippen molar-refractivity contribution in [1.29, 1.82) is 0 Å². The molecule has 3 rings (SSSR count). The summed E-state index contributed by atoms with van der Waals surface area (Å²) in [4.78, 5) is 16.1. The summed E-state index contributed by atoms with van der Waals surface area (Å²) < 4.78 is 0. The number of fused-ring (bicyclic) bond motifs is 1. The largest absolute Gasteiger partial charge is 0.354 e. The number of hydrogen-bond donors (Lipinski definition) is 2. The molecule has 1 unspecified atom stereocenters. The highest BCUT2D eigenvalue weighted by Crippen LogP contribution is 2.30. The van der Waals surface area contributed by atoms with Gasteiger partial charge < -0.3 is 10.6 Å². The third-order valence-corrected chi connectivity index (χ3v) is 5.81. The Kier molecular flexibility index (Phi) is 6.62. The molecule has 2 heterocycles. The molecule has 134 valence electrons. The zero-order valence-electron chi connectivity index (χ0n) is 14.8. The van der Waals surface area contributed by atoms with E-state index in [-0.39, 0.29) is 11.9 Å². The number of carbonyl (C=O) groups excluding carboxylic acids is 1. The van der Waals surface area contributed by atoms with E-state index in [1.165, 1.54) is 16.0 Å². The van der Waals surface area contributed by atoms with Gasteiger partial charge >= 0.3 is 0 Å². The number of thiophene rings is 1. The van der Waals surface area contributed by atoms with E-state index in [0.717, 1.165) is 32.5 Å². The molecule has 5 heteroatoms. The molecule has 2 N–H and O–H groups in total. The number of benzene rings is 1. The van der Waals surface area contributed by atoms with Gasteiger partial charge in [-0.25, -0.2) is 0 Å². The second kappa shape index (κ2) is 9.13. The van der Waals surface area contributed by atoms with Crippen molar-refractivity contribution in [1.82, 2.24) is 15.5 Å². The number of hydrogen-bond acceptors (Lipinski definition) is 4. The van der Waals surface area contributed by atoms with E-state index in [1.54, 1.807) is 0 Å². The van der Waals surface area contributed by atoms with Gasteiger partial charge in [-0.15, -0.1) is 11.3 Å². The van der Waals surface area contributed by atoms with Gasteiger partial charge in [0.1, 0.15) is 0 Å². The quantitative estimate of drug-likeness (QED) is 0.714. The summed E-state index contributed by atoms with van der Waals surface area (Å²) >= 11 is 1.86. The molecule has 25 heavy (non-hydrogen) atoms. The molecule has 0 aliphatic carbocycles. The van der Waals surface area contributed by atoms with Crippen LogP contribution in [0.15, 0.2) is 41.8 Å². The van der Waals surface area contributed by atoms with Crippen molar-refractivity contribution in [2.75, 3.05) is 26.7 Å². The Balaban J connectivity index is 1.65. The Morgan fingerprint density at radius 3 is 2.92 bits per heavy atom. The summed E-state index contributed by atoms with van der Waals surface area (Å²) in [5, 5.41) is 8.42. The third kappa shape index (κ3) is 4.91. The first kappa shape index (κ1) is 18.1. The first-order valence-electron chi connectivity index (χ1n) is 9.03. The van der Waals surface area contributed by atoms with Crippen LogP contribution >= 0.6 is 11.3 Å². The number of nitrogens with zero attached hydrogens (tertiary/aromatic N) is 1. The fourth-order valence-electron chi connectivity index (χ4n) is 3.39. The van der Waals surface area contributed by atoms with Gasteiger partial charge in [-0.3, -0.25) is 9.69 Å². The average molecular weight is 358 g/mol. The smallest absolute Gasteiger partial charge is 0.220 e. The lowest BCUT2D eigenvalue weighted by Gasteiger charge is -2.35. The maximum Gasteiger partial charge on any atom is 0.220 e. The van der Waals surface area contributed by atoms with Crippen LogP contribution in [0.25, 0.3) is 0 Å². The molecular formula is C20H27N3OS. The molecule has 1 aromatic carbocycles. The highest BCUT2D eigenvalue weighted by atomic mass is 32.1. The summed E-state index contributed by atoms with van der Waals surface area (Å²) in [6.07, 6.45) is 2.56. The summed E-state index contributed by atoms with van der Waals surface area (Å²) in [5.41, 5.74) is 2.72. The van der Waals surface area contributed by atoms with Gasteiger partial charge in [-0.1, -0.05) is 30.3 Å². The second-order valence-corrected chi connectivity index (χ2v) is 7.53. The van der Waals surface area contributed by atoms with Crippen LogP contribution < -0.4 is 10.6 Å². The van der Waals surface area contributed by atoms with Crippen LogP contribution in [-0.2, 0) is 17.8 Å². The molecule has 0 saturated carbocycles.